The number of halogens is 1. The van der Waals surface area contributed by atoms with Crippen molar-refractivity contribution >= 4 is 51.3 Å². The Morgan fingerprint density at radius 3 is 2.62 bits per heavy atom. The van der Waals surface area contributed by atoms with Gasteiger partial charge in [0.25, 0.3) is 11.5 Å². The smallest absolute Gasteiger partial charge is 0.290 e. The Labute approximate surface area is 158 Å². The Kier molecular flexibility index (Phi) is 5.15. The van der Waals surface area contributed by atoms with Crippen molar-refractivity contribution < 1.29 is 4.79 Å². The molecule has 1 heterocycles. The predicted molar refractivity (Wildman–Crippen MR) is 105 cm³/mol. The minimum Gasteiger partial charge on any atom is -0.331 e. The standard InChI is InChI=1S/C17H14ClN5O2S/c1-9-12(18)7-4-8-13(9)19-17(26)23-22-16(25)14-10-5-2-3-6-11(10)15(24)21-20-14/h2-8H,1H3,(H,21,24)(H,22,25)(H2,19,23,26). The van der Waals surface area contributed by atoms with Gasteiger partial charge in [-0.15, -0.1) is 0 Å². The van der Waals surface area contributed by atoms with E-state index in [4.69, 9.17) is 23.8 Å². The molecule has 4 N–H and O–H groups in total. The van der Waals surface area contributed by atoms with E-state index in [2.05, 4.69) is 26.4 Å². The van der Waals surface area contributed by atoms with Gasteiger partial charge in [0.15, 0.2) is 10.8 Å². The first-order valence-electron chi connectivity index (χ1n) is 7.57. The number of thiocarbonyl (C=S) groups is 1. The van der Waals surface area contributed by atoms with E-state index in [0.29, 0.717) is 15.8 Å². The number of hydrazine groups is 1. The number of rotatable bonds is 2. The number of hydrogen-bond acceptors (Lipinski definition) is 4. The van der Waals surface area contributed by atoms with Crippen LogP contribution in [0.1, 0.15) is 16.1 Å². The Morgan fingerprint density at radius 1 is 1.12 bits per heavy atom. The van der Waals surface area contributed by atoms with Gasteiger partial charge in [0.2, 0.25) is 0 Å². The van der Waals surface area contributed by atoms with Gasteiger partial charge in [0, 0.05) is 16.1 Å². The third kappa shape index (κ3) is 3.66. The van der Waals surface area contributed by atoms with Crippen molar-refractivity contribution in [2.45, 2.75) is 6.92 Å². The van der Waals surface area contributed by atoms with Crippen LogP contribution >= 0.6 is 23.8 Å². The Hall–Kier alpha value is -2.97. The number of benzene rings is 2. The molecule has 0 bridgehead atoms. The second-order valence-electron chi connectivity index (χ2n) is 5.39. The van der Waals surface area contributed by atoms with E-state index >= 15 is 0 Å². The van der Waals surface area contributed by atoms with Gasteiger partial charge in [-0.25, -0.2) is 5.10 Å². The summed E-state index contributed by atoms with van der Waals surface area (Å²) in [5.74, 6) is -0.538. The van der Waals surface area contributed by atoms with Gasteiger partial charge in [-0.1, -0.05) is 35.9 Å². The summed E-state index contributed by atoms with van der Waals surface area (Å²) in [7, 11) is 0. The number of nitrogens with one attached hydrogen (secondary N) is 4. The minimum atomic E-state index is -0.538. The summed E-state index contributed by atoms with van der Waals surface area (Å²) in [5.41, 5.74) is 6.32. The number of nitrogens with zero attached hydrogens (tertiary/aromatic N) is 1. The van der Waals surface area contributed by atoms with Crippen LogP contribution in [0.25, 0.3) is 10.8 Å². The highest BCUT2D eigenvalue weighted by Crippen LogP contribution is 2.22. The van der Waals surface area contributed by atoms with Crippen molar-refractivity contribution in [1.29, 1.82) is 0 Å². The van der Waals surface area contributed by atoms with Gasteiger partial charge in [0.1, 0.15) is 0 Å². The molecular formula is C17H14ClN5O2S. The number of H-pyrrole nitrogens is 1. The largest absolute Gasteiger partial charge is 0.331 e. The van der Waals surface area contributed by atoms with Gasteiger partial charge in [0.05, 0.1) is 5.39 Å². The van der Waals surface area contributed by atoms with E-state index in [0.717, 1.165) is 11.3 Å². The molecule has 0 atom stereocenters. The third-order valence-corrected chi connectivity index (χ3v) is 4.33. The van der Waals surface area contributed by atoms with Crippen LogP contribution in [0.15, 0.2) is 47.3 Å². The molecule has 0 saturated heterocycles. The maximum atomic E-state index is 12.4. The van der Waals surface area contributed by atoms with Crippen molar-refractivity contribution in [2.75, 3.05) is 5.32 Å². The zero-order valence-electron chi connectivity index (χ0n) is 13.6. The highest BCUT2D eigenvalue weighted by atomic mass is 35.5. The lowest BCUT2D eigenvalue weighted by Crippen LogP contribution is -2.44. The molecule has 3 rings (SSSR count). The Morgan fingerprint density at radius 2 is 1.85 bits per heavy atom. The summed E-state index contributed by atoms with van der Waals surface area (Å²) in [6.07, 6.45) is 0. The van der Waals surface area contributed by atoms with Crippen LogP contribution in [0.4, 0.5) is 5.69 Å². The third-order valence-electron chi connectivity index (χ3n) is 3.72. The molecule has 0 aliphatic heterocycles. The van der Waals surface area contributed by atoms with E-state index in [1.165, 1.54) is 0 Å². The predicted octanol–water partition coefficient (Wildman–Crippen LogP) is 2.52. The molecule has 0 unspecified atom stereocenters. The Bertz CT molecular complexity index is 1070. The van der Waals surface area contributed by atoms with Crippen molar-refractivity contribution in [3.05, 3.63) is 69.1 Å². The lowest BCUT2D eigenvalue weighted by Gasteiger charge is -2.14. The summed E-state index contributed by atoms with van der Waals surface area (Å²) >= 11 is 11.2. The molecule has 132 valence electrons. The van der Waals surface area contributed by atoms with Gasteiger partial charge in [-0.3, -0.25) is 20.4 Å². The number of aromatic nitrogens is 2. The Balaban J connectivity index is 1.71. The highest BCUT2D eigenvalue weighted by Gasteiger charge is 2.14. The zero-order valence-corrected chi connectivity index (χ0v) is 15.2. The van der Waals surface area contributed by atoms with Crippen molar-refractivity contribution in [3.8, 4) is 0 Å². The molecule has 0 radical (unpaired) electrons. The molecule has 3 aromatic rings. The number of fused-ring (bicyclic) bond motifs is 1. The van der Waals surface area contributed by atoms with Crippen LogP contribution in [0.5, 0.6) is 0 Å². The summed E-state index contributed by atoms with van der Waals surface area (Å²) in [6.45, 7) is 1.85. The summed E-state index contributed by atoms with van der Waals surface area (Å²) in [5, 5.41) is 10.7. The number of carbonyl (C=O) groups is 1. The molecule has 7 nitrogen and oxygen atoms in total. The fraction of sp³-hybridized carbons (Fsp3) is 0.0588. The molecule has 9 heteroatoms. The molecule has 2 aromatic carbocycles. The average Bonchev–Trinajstić information content (AvgIpc) is 2.64. The molecule has 0 spiro atoms. The maximum Gasteiger partial charge on any atom is 0.290 e. The molecular weight excluding hydrogens is 374 g/mol. The maximum absolute atomic E-state index is 12.4. The van der Waals surface area contributed by atoms with E-state index in [1.54, 1.807) is 36.4 Å². The second-order valence-corrected chi connectivity index (χ2v) is 6.21. The van der Waals surface area contributed by atoms with Crippen molar-refractivity contribution in [3.63, 3.8) is 0 Å². The van der Waals surface area contributed by atoms with Crippen LogP contribution in [0.3, 0.4) is 0 Å². The molecule has 26 heavy (non-hydrogen) atoms. The van der Waals surface area contributed by atoms with Gasteiger partial charge >= 0.3 is 0 Å². The number of hydrogen-bond donors (Lipinski definition) is 4. The first kappa shape index (κ1) is 17.8. The van der Waals surface area contributed by atoms with Crippen LogP contribution in [0.2, 0.25) is 5.02 Å². The van der Waals surface area contributed by atoms with Crippen LogP contribution in [-0.4, -0.2) is 21.2 Å². The topological polar surface area (TPSA) is 98.9 Å². The van der Waals surface area contributed by atoms with Crippen LogP contribution in [-0.2, 0) is 0 Å². The first-order chi connectivity index (χ1) is 12.5. The van der Waals surface area contributed by atoms with Gasteiger partial charge in [-0.2, -0.15) is 5.10 Å². The number of carbonyl (C=O) groups excluding carboxylic acids is 1. The van der Waals surface area contributed by atoms with Crippen LogP contribution < -0.4 is 21.7 Å². The van der Waals surface area contributed by atoms with E-state index in [1.807, 2.05) is 13.0 Å². The van der Waals surface area contributed by atoms with Crippen molar-refractivity contribution in [2.24, 2.45) is 0 Å². The quantitative estimate of drug-likeness (QED) is 0.398. The summed E-state index contributed by atoms with van der Waals surface area (Å²) < 4.78 is 0. The number of aromatic amines is 1. The fourth-order valence-electron chi connectivity index (χ4n) is 2.36. The number of anilines is 1. The minimum absolute atomic E-state index is 0.0782. The van der Waals surface area contributed by atoms with Crippen molar-refractivity contribution in [1.82, 2.24) is 21.0 Å². The van der Waals surface area contributed by atoms with E-state index in [-0.39, 0.29) is 16.4 Å². The second kappa shape index (κ2) is 7.51. The average molecular weight is 388 g/mol. The summed E-state index contributed by atoms with van der Waals surface area (Å²) in [6, 6.07) is 12.1. The molecule has 0 aliphatic rings. The van der Waals surface area contributed by atoms with E-state index < -0.39 is 5.91 Å². The monoisotopic (exact) mass is 387 g/mol. The van der Waals surface area contributed by atoms with Crippen LogP contribution in [0, 0.1) is 6.92 Å². The lowest BCUT2D eigenvalue weighted by atomic mass is 10.1. The fourth-order valence-corrected chi connectivity index (χ4v) is 2.69. The number of amides is 1. The van der Waals surface area contributed by atoms with Gasteiger partial charge in [-0.05, 0) is 42.9 Å². The normalized spacial score (nSPS) is 10.4. The van der Waals surface area contributed by atoms with E-state index in [9.17, 15) is 9.59 Å². The first-order valence-corrected chi connectivity index (χ1v) is 8.36. The molecule has 0 fully saturated rings. The van der Waals surface area contributed by atoms with Gasteiger partial charge < -0.3 is 5.32 Å². The lowest BCUT2D eigenvalue weighted by molar-refractivity contribution is 0.0940. The summed E-state index contributed by atoms with van der Waals surface area (Å²) in [4.78, 5) is 24.2. The zero-order chi connectivity index (χ0) is 18.7. The SMILES string of the molecule is Cc1c(Cl)cccc1NC(=S)NNC(=O)c1n[nH]c(=O)c2ccccc12. The molecule has 1 amide bonds. The molecule has 0 saturated carbocycles. The molecule has 1 aromatic heterocycles. The highest BCUT2D eigenvalue weighted by molar-refractivity contribution is 7.80. The molecule has 0 aliphatic carbocycles.